The van der Waals surface area contributed by atoms with E-state index >= 15 is 0 Å². The van der Waals surface area contributed by atoms with E-state index in [4.69, 9.17) is 25.9 Å². The molecule has 2 heterocycles. The Kier molecular flexibility index (Phi) is 9.23. The molecule has 2 aromatic heterocycles. The van der Waals surface area contributed by atoms with Gasteiger partial charge in [-0.25, -0.2) is 0 Å². The van der Waals surface area contributed by atoms with Crippen LogP contribution < -0.4 is 0 Å². The number of hydrogen-bond acceptors (Lipinski definition) is 2. The van der Waals surface area contributed by atoms with Crippen LogP contribution in [0.15, 0.2) is 118 Å². The van der Waals surface area contributed by atoms with Crippen LogP contribution in [0.2, 0.25) is 13.1 Å². The molecule has 2 nitrogen and oxygen atoms in total. The van der Waals surface area contributed by atoms with Gasteiger partial charge in [-0.05, 0) is 0 Å². The Morgan fingerprint density at radius 2 is 0.962 bits per heavy atom. The number of aryl methyl sites for hydroxylation is 4. The molecule has 2 atom stereocenters. The quantitative estimate of drug-likeness (QED) is 0.143. The van der Waals surface area contributed by atoms with E-state index < -0.39 is 20.4 Å². The minimum absolute atomic E-state index is 0.205. The fourth-order valence-corrected chi connectivity index (χ4v) is 36.6. The number of fused-ring (bicyclic) bond motifs is 2. The van der Waals surface area contributed by atoms with Gasteiger partial charge in [-0.2, -0.15) is 0 Å². The molecule has 0 saturated heterocycles. The summed E-state index contributed by atoms with van der Waals surface area (Å²) in [5.74, 6) is 3.45. The summed E-state index contributed by atoms with van der Waals surface area (Å²) >= 11 is -5.33. The van der Waals surface area contributed by atoms with Gasteiger partial charge in [0.2, 0.25) is 0 Å². The molecule has 262 valence electrons. The third kappa shape index (κ3) is 5.51. The summed E-state index contributed by atoms with van der Waals surface area (Å²) in [6.45, 7) is 13.2. The van der Waals surface area contributed by atoms with Crippen LogP contribution in [0.4, 0.5) is 0 Å². The molecule has 0 aliphatic heterocycles. The third-order valence-electron chi connectivity index (χ3n) is 11.5. The van der Waals surface area contributed by atoms with Crippen molar-refractivity contribution in [3.05, 3.63) is 166 Å². The molecule has 0 radical (unpaired) electrons. The summed E-state index contributed by atoms with van der Waals surface area (Å²) in [6.07, 6.45) is 6.58. The second-order valence-electron chi connectivity index (χ2n) is 14.7. The van der Waals surface area contributed by atoms with Crippen LogP contribution in [0.1, 0.15) is 77.5 Å². The van der Waals surface area contributed by atoms with E-state index in [1.54, 1.807) is 0 Å². The van der Waals surface area contributed by atoms with Crippen LogP contribution in [0.25, 0.3) is 45.6 Å². The molecule has 52 heavy (non-hydrogen) atoms. The van der Waals surface area contributed by atoms with Crippen LogP contribution in [0, 0.1) is 13.8 Å². The molecule has 4 aromatic carbocycles. The van der Waals surface area contributed by atoms with Crippen LogP contribution in [-0.2, 0) is 27.9 Å². The second-order valence-corrected chi connectivity index (χ2v) is 53.5. The molecular formula is C46H44Cl2O2SiZr. The molecule has 0 saturated carbocycles. The van der Waals surface area contributed by atoms with E-state index in [-0.39, 0.29) is 7.25 Å². The first-order chi connectivity index (χ1) is 25.0. The Balaban J connectivity index is 1.48. The summed E-state index contributed by atoms with van der Waals surface area (Å²) < 4.78 is 12.7. The van der Waals surface area contributed by atoms with Crippen molar-refractivity contribution in [3.8, 4) is 22.3 Å². The van der Waals surface area contributed by atoms with E-state index in [2.05, 4.69) is 148 Å². The predicted molar refractivity (Wildman–Crippen MR) is 220 cm³/mol. The number of furan rings is 2. The van der Waals surface area contributed by atoms with Gasteiger partial charge in [-0.15, -0.1) is 0 Å². The molecule has 0 N–H and O–H groups in total. The Bertz CT molecular complexity index is 2330. The zero-order valence-corrected chi connectivity index (χ0v) is 35.7. The van der Waals surface area contributed by atoms with Crippen molar-refractivity contribution < 1.29 is 23.8 Å². The molecule has 0 bridgehead atoms. The normalized spacial score (nSPS) is 16.8. The van der Waals surface area contributed by atoms with Crippen LogP contribution >= 0.6 is 17.0 Å². The molecule has 6 heteroatoms. The van der Waals surface area contributed by atoms with Crippen molar-refractivity contribution in [3.63, 3.8) is 0 Å². The standard InChI is InChI=1S/2C22H19O.C2H6Si.2ClH.Zr/c2*1-3-16-10-11-18-13-19(21-12-9-15(2)23-21)14-20(18)22(16)17-7-5-4-6-8-17;1-3-2;;;/h2*4-14H,3H2,1-2H3;1-2H3;2*1H;/q;;;;;+2/p-2. The average Bonchev–Trinajstić information content (AvgIpc) is 3.96. The SMILES string of the molecule is CCc1ccc2c(c1-c1ccccc1)C=C(c1ccc(C)o1)[CH]2[Zr]([Cl])([Cl])([CH]1C(c2ccc(C)o2)=Cc2c1ccc(CC)c2-c1ccccc1)=[Si](C)C. The van der Waals surface area contributed by atoms with Gasteiger partial charge >= 0.3 is 318 Å². The Hall–Kier alpha value is -3.40. The summed E-state index contributed by atoms with van der Waals surface area (Å²) in [6, 6.07) is 39.2. The molecule has 2 unspecified atom stereocenters. The van der Waals surface area contributed by atoms with Crippen molar-refractivity contribution >= 4 is 45.8 Å². The monoisotopic (exact) mass is 816 g/mol. The van der Waals surface area contributed by atoms with Gasteiger partial charge in [0.1, 0.15) is 0 Å². The van der Waals surface area contributed by atoms with Crippen LogP contribution in [0.5, 0.6) is 0 Å². The summed E-state index contributed by atoms with van der Waals surface area (Å²) in [7, 11) is 17.8. The fourth-order valence-electron chi connectivity index (χ4n) is 8.96. The molecule has 0 amide bonds. The first kappa shape index (κ1) is 35.6. The first-order valence-corrected chi connectivity index (χ1v) is 33.8. The van der Waals surface area contributed by atoms with Crippen LogP contribution in [-0.4, -0.2) is 5.43 Å². The molecule has 0 spiro atoms. The molecule has 2 aliphatic rings. The Morgan fingerprint density at radius 3 is 1.29 bits per heavy atom. The zero-order valence-electron chi connectivity index (χ0n) is 30.7. The van der Waals surface area contributed by atoms with Gasteiger partial charge in [0.15, 0.2) is 0 Å². The third-order valence-corrected chi connectivity index (χ3v) is 57.8. The van der Waals surface area contributed by atoms with Crippen molar-refractivity contribution in [2.75, 3.05) is 0 Å². The van der Waals surface area contributed by atoms with E-state index in [9.17, 15) is 0 Å². The van der Waals surface area contributed by atoms with Gasteiger partial charge in [-0.3, -0.25) is 0 Å². The average molecular weight is 819 g/mol. The molecule has 0 fully saturated rings. The van der Waals surface area contributed by atoms with Crippen molar-refractivity contribution in [2.45, 2.75) is 60.9 Å². The minimum atomic E-state index is -5.33. The number of hydrogen-bond donors (Lipinski definition) is 0. The van der Waals surface area contributed by atoms with E-state index in [1.165, 1.54) is 55.6 Å². The van der Waals surface area contributed by atoms with Crippen molar-refractivity contribution in [1.82, 2.24) is 0 Å². The van der Waals surface area contributed by atoms with Gasteiger partial charge < -0.3 is 0 Å². The van der Waals surface area contributed by atoms with E-state index in [0.29, 0.717) is 0 Å². The number of rotatable bonds is 8. The zero-order chi connectivity index (χ0) is 36.4. The van der Waals surface area contributed by atoms with Gasteiger partial charge in [0, 0.05) is 0 Å². The van der Waals surface area contributed by atoms with Gasteiger partial charge in [-0.1, -0.05) is 0 Å². The first-order valence-electron chi connectivity index (χ1n) is 18.4. The van der Waals surface area contributed by atoms with Crippen molar-refractivity contribution in [1.29, 1.82) is 0 Å². The van der Waals surface area contributed by atoms with Crippen molar-refractivity contribution in [2.24, 2.45) is 0 Å². The van der Waals surface area contributed by atoms with Gasteiger partial charge in [0.25, 0.3) is 0 Å². The van der Waals surface area contributed by atoms with Gasteiger partial charge in [0.05, 0.1) is 0 Å². The number of benzene rings is 4. The molecule has 6 aromatic rings. The Labute approximate surface area is 316 Å². The molecule has 2 aliphatic carbocycles. The molecular weight excluding hydrogens is 775 g/mol. The Morgan fingerprint density at radius 1 is 0.558 bits per heavy atom. The van der Waals surface area contributed by atoms with E-state index in [1.807, 2.05) is 13.8 Å². The fraction of sp³-hybridized carbons (Fsp3) is 0.217. The maximum atomic E-state index is 8.90. The second kappa shape index (κ2) is 13.5. The summed E-state index contributed by atoms with van der Waals surface area (Å²) in [5.41, 5.74) is 13.3. The number of allylic oxidation sites excluding steroid dienone is 2. The number of halogens is 2. The maximum absolute atomic E-state index is 8.90. The molecule has 8 rings (SSSR count). The topological polar surface area (TPSA) is 26.3 Å². The van der Waals surface area contributed by atoms with Crippen LogP contribution in [0.3, 0.4) is 0 Å². The predicted octanol–water partition coefficient (Wildman–Crippen LogP) is 14.1. The summed E-state index contributed by atoms with van der Waals surface area (Å²) in [4.78, 5) is 0. The van der Waals surface area contributed by atoms with E-state index in [0.717, 1.165) is 47.0 Å². The summed E-state index contributed by atoms with van der Waals surface area (Å²) in [5, 5.41) is 0.